The Bertz CT molecular complexity index is 1290. The molecule has 0 radical (unpaired) electrons. The topological polar surface area (TPSA) is 131 Å². The van der Waals surface area contributed by atoms with Crippen LogP contribution in [-0.2, 0) is 19.1 Å². The molecule has 210 valence electrons. The number of carboxylic acid groups (broad SMARTS) is 1. The maximum absolute atomic E-state index is 17.4. The number of esters is 1. The molecule has 2 N–H and O–H groups in total. The summed E-state index contributed by atoms with van der Waals surface area (Å²) in [6.45, 7) is 4.76. The molecule has 4 aliphatic carbocycles. The number of carboxylic acids is 1. The van der Waals surface area contributed by atoms with Crippen molar-refractivity contribution in [2.24, 2.45) is 28.6 Å². The number of halogens is 2. The van der Waals surface area contributed by atoms with Crippen LogP contribution in [0.4, 0.5) is 8.78 Å². The summed E-state index contributed by atoms with van der Waals surface area (Å²) in [5.41, 5.74) is -7.33. The average molecular weight is 565 g/mol. The van der Waals surface area contributed by atoms with E-state index in [2.05, 4.69) is 0 Å². The molecule has 8 nitrogen and oxygen atoms in total. The van der Waals surface area contributed by atoms with Gasteiger partial charge in [0.05, 0.1) is 18.1 Å². The standard InChI is InChI=1S/C28H30F2O8S/c1-14-9-16-17-11-19(29)18-10-15(31)6-7-25(18,2)27(17,30)21(32)12-26(16,3)28(14,24(36)39-13-22(33)34)38-23(35)20-5-4-8-37-20/h4-8,10,14,16-17,19,21,32H,9,11-13H2,1-3H3,(H,33,34)/t14?,16?,17?,19-,21-,25?,26?,27-,28-/m0/s1. The number of carbonyl (C=O) groups excluding carboxylic acids is 3. The highest BCUT2D eigenvalue weighted by Crippen LogP contribution is 2.72. The maximum Gasteiger partial charge on any atom is 0.375 e. The lowest BCUT2D eigenvalue weighted by Crippen LogP contribution is -2.70. The summed E-state index contributed by atoms with van der Waals surface area (Å²) in [4.78, 5) is 50.4. The van der Waals surface area contributed by atoms with E-state index in [1.165, 1.54) is 37.5 Å². The van der Waals surface area contributed by atoms with Gasteiger partial charge in [-0.15, -0.1) is 0 Å². The highest BCUT2D eigenvalue weighted by Gasteiger charge is 2.78. The molecule has 9 atom stereocenters. The summed E-state index contributed by atoms with van der Waals surface area (Å²) in [7, 11) is 0. The van der Waals surface area contributed by atoms with Crippen LogP contribution in [0.25, 0.3) is 0 Å². The number of aliphatic carboxylic acids is 1. The van der Waals surface area contributed by atoms with Crippen LogP contribution in [0.2, 0.25) is 0 Å². The number of aliphatic hydroxyl groups excluding tert-OH is 1. The summed E-state index contributed by atoms with van der Waals surface area (Å²) in [5.74, 6) is -5.97. The zero-order valence-electron chi connectivity index (χ0n) is 21.7. The fourth-order valence-corrected chi connectivity index (χ4v) is 8.99. The molecule has 0 amide bonds. The molecular formula is C28H30F2O8S. The minimum Gasteiger partial charge on any atom is -0.481 e. The normalized spacial score (nSPS) is 42.7. The number of carbonyl (C=O) groups is 4. The Morgan fingerprint density at radius 1 is 1.23 bits per heavy atom. The Balaban J connectivity index is 1.63. The second kappa shape index (κ2) is 9.12. The monoisotopic (exact) mass is 564 g/mol. The molecule has 0 saturated heterocycles. The van der Waals surface area contributed by atoms with Crippen molar-refractivity contribution in [3.8, 4) is 0 Å². The summed E-state index contributed by atoms with van der Waals surface area (Å²) >= 11 is 0.472. The summed E-state index contributed by atoms with van der Waals surface area (Å²) in [6.07, 6.45) is 0.990. The first kappa shape index (κ1) is 27.8. The summed E-state index contributed by atoms with van der Waals surface area (Å²) in [6, 6.07) is 2.82. The van der Waals surface area contributed by atoms with Crippen molar-refractivity contribution in [1.29, 1.82) is 0 Å². The van der Waals surface area contributed by atoms with Gasteiger partial charge in [-0.25, -0.2) is 13.6 Å². The van der Waals surface area contributed by atoms with E-state index in [0.29, 0.717) is 11.8 Å². The van der Waals surface area contributed by atoms with Crippen LogP contribution in [0.3, 0.4) is 0 Å². The minimum absolute atomic E-state index is 0.0222. The molecule has 0 aromatic carbocycles. The number of allylic oxidation sites excluding steroid dienone is 4. The maximum atomic E-state index is 17.4. The van der Waals surface area contributed by atoms with Gasteiger partial charge in [0.2, 0.25) is 10.9 Å². The molecule has 39 heavy (non-hydrogen) atoms. The number of ketones is 1. The van der Waals surface area contributed by atoms with Gasteiger partial charge in [-0.1, -0.05) is 31.7 Å². The Morgan fingerprint density at radius 2 is 1.95 bits per heavy atom. The van der Waals surface area contributed by atoms with Crippen LogP contribution in [0, 0.1) is 28.6 Å². The van der Waals surface area contributed by atoms with E-state index in [-0.39, 0.29) is 30.6 Å². The number of hydrogen-bond acceptors (Lipinski definition) is 8. The molecular weight excluding hydrogens is 534 g/mol. The number of thioether (sulfide) groups is 1. The number of hydrogen-bond donors (Lipinski definition) is 2. The van der Waals surface area contributed by atoms with Crippen molar-refractivity contribution in [2.75, 3.05) is 5.75 Å². The molecule has 1 aromatic heterocycles. The highest BCUT2D eigenvalue weighted by atomic mass is 32.2. The van der Waals surface area contributed by atoms with Crippen LogP contribution >= 0.6 is 11.8 Å². The molecule has 5 rings (SSSR count). The Labute approximate surface area is 227 Å². The first-order chi connectivity index (χ1) is 18.2. The van der Waals surface area contributed by atoms with Crippen molar-refractivity contribution >= 4 is 34.6 Å². The van der Waals surface area contributed by atoms with Crippen LogP contribution in [0.1, 0.15) is 50.6 Å². The van der Waals surface area contributed by atoms with Crippen molar-refractivity contribution < 1.29 is 47.3 Å². The van der Waals surface area contributed by atoms with Crippen LogP contribution < -0.4 is 0 Å². The largest absolute Gasteiger partial charge is 0.481 e. The molecule has 0 bridgehead atoms. The molecule has 5 unspecified atom stereocenters. The zero-order chi connectivity index (χ0) is 28.5. The van der Waals surface area contributed by atoms with E-state index in [4.69, 9.17) is 9.15 Å². The number of aliphatic hydroxyl groups is 1. The zero-order valence-corrected chi connectivity index (χ0v) is 22.5. The number of ether oxygens (including phenoxy) is 1. The molecule has 0 spiro atoms. The number of furan rings is 1. The van der Waals surface area contributed by atoms with E-state index in [1.807, 2.05) is 0 Å². The number of rotatable bonds is 5. The van der Waals surface area contributed by atoms with E-state index < -0.39 is 80.7 Å². The number of fused-ring (bicyclic) bond motifs is 5. The first-order valence-corrected chi connectivity index (χ1v) is 13.8. The number of alkyl halides is 2. The Kier molecular flexibility index (Phi) is 6.49. The third-order valence-corrected chi connectivity index (χ3v) is 10.7. The van der Waals surface area contributed by atoms with Gasteiger partial charge in [-0.2, -0.15) is 0 Å². The lowest BCUT2D eigenvalue weighted by molar-refractivity contribution is -0.221. The van der Waals surface area contributed by atoms with Gasteiger partial charge in [0, 0.05) is 22.7 Å². The van der Waals surface area contributed by atoms with Crippen molar-refractivity contribution in [3.63, 3.8) is 0 Å². The second-order valence-corrected chi connectivity index (χ2v) is 12.5. The fraction of sp³-hybridized carbons (Fsp3) is 0.571. The van der Waals surface area contributed by atoms with Gasteiger partial charge >= 0.3 is 11.9 Å². The van der Waals surface area contributed by atoms with Crippen molar-refractivity contribution in [3.05, 3.63) is 48.0 Å². The predicted molar refractivity (Wildman–Crippen MR) is 135 cm³/mol. The van der Waals surface area contributed by atoms with Gasteiger partial charge in [0.15, 0.2) is 17.1 Å². The van der Waals surface area contributed by atoms with Crippen LogP contribution in [-0.4, -0.2) is 62.3 Å². The lowest BCUT2D eigenvalue weighted by atomic mass is 9.44. The van der Waals surface area contributed by atoms with Gasteiger partial charge in [0.25, 0.3) is 0 Å². The predicted octanol–water partition coefficient (Wildman–Crippen LogP) is 4.08. The van der Waals surface area contributed by atoms with E-state index in [0.717, 1.165) is 6.08 Å². The molecule has 0 aliphatic heterocycles. The van der Waals surface area contributed by atoms with Crippen LogP contribution in [0.15, 0.2) is 46.6 Å². The molecule has 4 aliphatic rings. The van der Waals surface area contributed by atoms with Gasteiger partial charge in [0.1, 0.15) is 6.17 Å². The van der Waals surface area contributed by atoms with Crippen LogP contribution in [0.5, 0.6) is 0 Å². The third kappa shape index (κ3) is 3.65. The molecule has 3 fully saturated rings. The highest BCUT2D eigenvalue weighted by molar-refractivity contribution is 8.14. The summed E-state index contributed by atoms with van der Waals surface area (Å²) in [5, 5.41) is 20.1. The van der Waals surface area contributed by atoms with Gasteiger partial charge < -0.3 is 19.4 Å². The molecule has 1 aromatic rings. The first-order valence-electron chi connectivity index (χ1n) is 12.8. The third-order valence-electron chi connectivity index (χ3n) is 9.77. The average Bonchev–Trinajstić information content (AvgIpc) is 3.48. The smallest absolute Gasteiger partial charge is 0.375 e. The fourth-order valence-electron chi connectivity index (χ4n) is 8.04. The Morgan fingerprint density at radius 3 is 2.59 bits per heavy atom. The quantitative estimate of drug-likeness (QED) is 0.508. The molecule has 11 heteroatoms. The molecule has 3 saturated carbocycles. The second-order valence-electron chi connectivity index (χ2n) is 11.6. The summed E-state index contributed by atoms with van der Waals surface area (Å²) < 4.78 is 44.3. The van der Waals surface area contributed by atoms with Gasteiger partial charge in [-0.3, -0.25) is 14.4 Å². The van der Waals surface area contributed by atoms with E-state index in [9.17, 15) is 29.4 Å². The molecule has 1 heterocycles. The van der Waals surface area contributed by atoms with E-state index >= 15 is 8.78 Å². The van der Waals surface area contributed by atoms with Crippen molar-refractivity contribution in [2.45, 2.75) is 63.6 Å². The minimum atomic E-state index is -2.37. The lowest BCUT2D eigenvalue weighted by Gasteiger charge is -2.63. The van der Waals surface area contributed by atoms with Gasteiger partial charge in [-0.05, 0) is 62.0 Å². The van der Waals surface area contributed by atoms with E-state index in [1.54, 1.807) is 13.8 Å². The SMILES string of the molecule is CC1CC2C3C[C@H](F)C4=CC(=O)C=CC4(C)[C@@]3(F)[C@@H](O)CC2(C)[C@@]1(OC(=O)c1ccco1)C(=O)SCC(=O)O. The Hall–Kier alpha value is -2.79. The van der Waals surface area contributed by atoms with Crippen molar-refractivity contribution in [1.82, 2.24) is 0 Å².